The third kappa shape index (κ3) is 6.25. The molecule has 0 saturated carbocycles. The Labute approximate surface area is 115 Å². The lowest BCUT2D eigenvalue weighted by Crippen LogP contribution is -2.30. The van der Waals surface area contributed by atoms with Crippen molar-refractivity contribution in [3.8, 4) is 5.75 Å². The number of carbonyl (C=O) groups is 1. The molecule has 2 N–H and O–H groups in total. The van der Waals surface area contributed by atoms with E-state index in [0.717, 1.165) is 12.2 Å². The molecule has 0 bridgehead atoms. The highest BCUT2D eigenvalue weighted by Crippen LogP contribution is 2.24. The molecule has 1 atom stereocenters. The second kappa shape index (κ2) is 7.79. The van der Waals surface area contributed by atoms with Crippen molar-refractivity contribution in [1.29, 1.82) is 0 Å². The van der Waals surface area contributed by atoms with Crippen LogP contribution in [0.4, 0.5) is 5.69 Å². The minimum absolute atomic E-state index is 0.0921. The zero-order valence-corrected chi connectivity index (χ0v) is 12.2. The van der Waals surface area contributed by atoms with Gasteiger partial charge >= 0.3 is 0 Å². The van der Waals surface area contributed by atoms with E-state index < -0.39 is 0 Å². The summed E-state index contributed by atoms with van der Waals surface area (Å²) >= 11 is 0. The van der Waals surface area contributed by atoms with Crippen molar-refractivity contribution in [2.45, 2.75) is 33.7 Å². The number of ether oxygens (including phenoxy) is 1. The van der Waals surface area contributed by atoms with Crippen molar-refractivity contribution in [2.75, 3.05) is 18.5 Å². The Morgan fingerprint density at radius 2 is 1.95 bits per heavy atom. The number of nitrogens with one attached hydrogen (secondary N) is 2. The lowest BCUT2D eigenvalue weighted by molar-refractivity contribution is -0.114. The highest BCUT2D eigenvalue weighted by Gasteiger charge is 2.07. The van der Waals surface area contributed by atoms with Gasteiger partial charge in [0.2, 0.25) is 5.91 Å². The second-order valence-corrected chi connectivity index (χ2v) is 5.16. The van der Waals surface area contributed by atoms with E-state index in [-0.39, 0.29) is 5.91 Å². The molecule has 1 aromatic carbocycles. The van der Waals surface area contributed by atoms with Crippen LogP contribution in [0.25, 0.3) is 0 Å². The van der Waals surface area contributed by atoms with Gasteiger partial charge in [-0.25, -0.2) is 0 Å². The van der Waals surface area contributed by atoms with Gasteiger partial charge in [0.15, 0.2) is 0 Å². The van der Waals surface area contributed by atoms with Gasteiger partial charge in [0.1, 0.15) is 5.75 Å². The molecule has 0 spiro atoms. The maximum Gasteiger partial charge on any atom is 0.221 e. The molecule has 1 rings (SSSR count). The van der Waals surface area contributed by atoms with Crippen LogP contribution in [0.15, 0.2) is 24.3 Å². The van der Waals surface area contributed by atoms with Crippen LogP contribution in [0.2, 0.25) is 0 Å². The van der Waals surface area contributed by atoms with Gasteiger partial charge < -0.3 is 15.4 Å². The molecular weight excluding hydrogens is 240 g/mol. The third-order valence-electron chi connectivity index (χ3n) is 2.60. The molecule has 0 aromatic heterocycles. The quantitative estimate of drug-likeness (QED) is 0.796. The zero-order valence-electron chi connectivity index (χ0n) is 12.2. The number of amides is 1. The lowest BCUT2D eigenvalue weighted by atomic mass is 10.2. The summed E-state index contributed by atoms with van der Waals surface area (Å²) in [6, 6.07) is 7.97. The van der Waals surface area contributed by atoms with Gasteiger partial charge in [-0.15, -0.1) is 0 Å². The van der Waals surface area contributed by atoms with Crippen LogP contribution in [0, 0.1) is 5.92 Å². The van der Waals surface area contributed by atoms with Crippen LogP contribution in [0.3, 0.4) is 0 Å². The predicted octanol–water partition coefficient (Wildman–Crippen LogP) is 2.66. The Morgan fingerprint density at radius 3 is 2.58 bits per heavy atom. The fourth-order valence-corrected chi connectivity index (χ4v) is 1.61. The molecule has 0 fully saturated rings. The molecule has 0 aliphatic heterocycles. The maximum atomic E-state index is 11.1. The first-order valence-electron chi connectivity index (χ1n) is 6.72. The number of anilines is 1. The highest BCUT2D eigenvalue weighted by molar-refractivity contribution is 5.90. The van der Waals surface area contributed by atoms with Crippen molar-refractivity contribution >= 4 is 11.6 Å². The summed E-state index contributed by atoms with van der Waals surface area (Å²) in [5, 5.41) is 6.15. The average molecular weight is 264 g/mol. The minimum Gasteiger partial charge on any atom is -0.491 e. The summed E-state index contributed by atoms with van der Waals surface area (Å²) < 4.78 is 5.78. The van der Waals surface area contributed by atoms with E-state index in [1.807, 2.05) is 24.3 Å². The summed E-state index contributed by atoms with van der Waals surface area (Å²) in [4.78, 5) is 11.1. The Balaban J connectivity index is 2.50. The van der Waals surface area contributed by atoms with Crippen LogP contribution in [-0.4, -0.2) is 25.1 Å². The molecule has 0 radical (unpaired) electrons. The number of carbonyl (C=O) groups excluding carboxylic acids is 1. The van der Waals surface area contributed by atoms with E-state index in [0.29, 0.717) is 24.3 Å². The van der Waals surface area contributed by atoms with E-state index in [4.69, 9.17) is 4.74 Å². The molecule has 0 aliphatic rings. The van der Waals surface area contributed by atoms with Crippen LogP contribution < -0.4 is 15.4 Å². The zero-order chi connectivity index (χ0) is 14.3. The summed E-state index contributed by atoms with van der Waals surface area (Å²) in [5.41, 5.74) is 0.721. The Morgan fingerprint density at radius 1 is 1.26 bits per heavy atom. The molecule has 0 heterocycles. The Hall–Kier alpha value is -1.55. The second-order valence-electron chi connectivity index (χ2n) is 5.16. The van der Waals surface area contributed by atoms with Crippen LogP contribution in [0.1, 0.15) is 27.7 Å². The Kier molecular flexibility index (Phi) is 6.36. The fraction of sp³-hybridized carbons (Fsp3) is 0.533. The molecule has 1 amide bonds. The molecule has 1 aromatic rings. The van der Waals surface area contributed by atoms with E-state index in [9.17, 15) is 4.79 Å². The average Bonchev–Trinajstić information content (AvgIpc) is 2.34. The monoisotopic (exact) mass is 264 g/mol. The first-order chi connectivity index (χ1) is 8.99. The number of hydrogen-bond acceptors (Lipinski definition) is 3. The van der Waals surface area contributed by atoms with Crippen molar-refractivity contribution in [2.24, 2.45) is 5.92 Å². The maximum absolute atomic E-state index is 11.1. The SMILES string of the molecule is CC(=O)Nc1ccccc1OCC(C)CNC(C)C. The predicted molar refractivity (Wildman–Crippen MR) is 78.5 cm³/mol. The first-order valence-corrected chi connectivity index (χ1v) is 6.72. The molecule has 106 valence electrons. The standard InChI is InChI=1S/C15H24N2O2/c1-11(2)16-9-12(3)10-19-15-8-6-5-7-14(15)17-13(4)18/h5-8,11-12,16H,9-10H2,1-4H3,(H,17,18). The van der Waals surface area contributed by atoms with E-state index in [2.05, 4.69) is 31.4 Å². The Bertz CT molecular complexity index is 405. The molecule has 0 aliphatic carbocycles. The normalized spacial score (nSPS) is 12.3. The van der Waals surface area contributed by atoms with Crippen molar-refractivity contribution < 1.29 is 9.53 Å². The summed E-state index contributed by atoms with van der Waals surface area (Å²) in [6.45, 7) is 9.41. The summed E-state index contributed by atoms with van der Waals surface area (Å²) in [6.07, 6.45) is 0. The number of rotatable bonds is 7. The van der Waals surface area contributed by atoms with E-state index in [1.165, 1.54) is 6.92 Å². The van der Waals surface area contributed by atoms with Crippen molar-refractivity contribution in [3.63, 3.8) is 0 Å². The lowest BCUT2D eigenvalue weighted by Gasteiger charge is -2.17. The minimum atomic E-state index is -0.0921. The number of hydrogen-bond donors (Lipinski definition) is 2. The van der Waals surface area contributed by atoms with Crippen molar-refractivity contribution in [3.05, 3.63) is 24.3 Å². The van der Waals surface area contributed by atoms with Crippen molar-refractivity contribution in [1.82, 2.24) is 5.32 Å². The molecule has 1 unspecified atom stereocenters. The van der Waals surface area contributed by atoms with Gasteiger partial charge in [-0.2, -0.15) is 0 Å². The van der Waals surface area contributed by atoms with E-state index >= 15 is 0 Å². The van der Waals surface area contributed by atoms with Gasteiger partial charge in [-0.3, -0.25) is 4.79 Å². The fourth-order valence-electron chi connectivity index (χ4n) is 1.61. The van der Waals surface area contributed by atoms with Crippen LogP contribution in [0.5, 0.6) is 5.75 Å². The van der Waals surface area contributed by atoms with Gasteiger partial charge in [-0.05, 0) is 12.1 Å². The number of para-hydroxylation sites is 2. The van der Waals surface area contributed by atoms with Gasteiger partial charge in [-0.1, -0.05) is 32.9 Å². The topological polar surface area (TPSA) is 50.4 Å². The smallest absolute Gasteiger partial charge is 0.221 e. The molecule has 19 heavy (non-hydrogen) atoms. The molecular formula is C15H24N2O2. The summed E-state index contributed by atoms with van der Waals surface area (Å²) in [7, 11) is 0. The van der Waals surface area contributed by atoms with Gasteiger partial charge in [0.05, 0.1) is 12.3 Å². The summed E-state index contributed by atoms with van der Waals surface area (Å²) in [5.74, 6) is 1.03. The molecule has 4 heteroatoms. The molecule has 4 nitrogen and oxygen atoms in total. The van der Waals surface area contributed by atoms with Crippen LogP contribution in [-0.2, 0) is 4.79 Å². The van der Waals surface area contributed by atoms with Crippen LogP contribution >= 0.6 is 0 Å². The van der Waals surface area contributed by atoms with E-state index in [1.54, 1.807) is 0 Å². The third-order valence-corrected chi connectivity index (χ3v) is 2.60. The highest BCUT2D eigenvalue weighted by atomic mass is 16.5. The van der Waals surface area contributed by atoms with Gasteiger partial charge in [0.25, 0.3) is 0 Å². The first kappa shape index (κ1) is 15.5. The largest absolute Gasteiger partial charge is 0.491 e. The molecule has 0 saturated heterocycles. The van der Waals surface area contributed by atoms with Gasteiger partial charge in [0, 0.05) is 25.4 Å². The number of benzene rings is 1.